The molecular formula is C14H20O3. The van der Waals surface area contributed by atoms with E-state index >= 15 is 0 Å². The summed E-state index contributed by atoms with van der Waals surface area (Å²) >= 11 is 0. The number of allylic oxidation sites excluding steroid dienone is 2. The Hall–Kier alpha value is -0.830. The first-order valence-corrected chi connectivity index (χ1v) is 6.35. The van der Waals surface area contributed by atoms with Gasteiger partial charge in [-0.25, -0.2) is 0 Å². The maximum atomic E-state index is 12.2. The van der Waals surface area contributed by atoms with E-state index in [2.05, 4.69) is 20.8 Å². The number of fused-ring (bicyclic) bond motifs is 3. The lowest BCUT2D eigenvalue weighted by atomic mass is 9.72. The third-order valence-corrected chi connectivity index (χ3v) is 5.48. The average molecular weight is 236 g/mol. The minimum absolute atomic E-state index is 0.0374. The highest BCUT2D eigenvalue weighted by molar-refractivity contribution is 6.03. The van der Waals surface area contributed by atoms with Crippen molar-refractivity contribution in [2.45, 2.75) is 40.0 Å². The van der Waals surface area contributed by atoms with E-state index in [-0.39, 0.29) is 34.9 Å². The summed E-state index contributed by atoms with van der Waals surface area (Å²) in [4.78, 5) is 12.2. The van der Waals surface area contributed by atoms with Gasteiger partial charge < -0.3 is 10.2 Å². The van der Waals surface area contributed by atoms with E-state index in [1.54, 1.807) is 0 Å². The molecule has 2 saturated carbocycles. The van der Waals surface area contributed by atoms with Gasteiger partial charge in [-0.15, -0.1) is 0 Å². The second-order valence-corrected chi connectivity index (χ2v) is 7.14. The predicted molar refractivity (Wildman–Crippen MR) is 63.4 cm³/mol. The van der Waals surface area contributed by atoms with E-state index in [4.69, 9.17) is 0 Å². The topological polar surface area (TPSA) is 57.5 Å². The number of ketones is 1. The number of rotatable bonds is 1. The van der Waals surface area contributed by atoms with Crippen LogP contribution < -0.4 is 0 Å². The highest BCUT2D eigenvalue weighted by Gasteiger charge is 2.75. The van der Waals surface area contributed by atoms with Crippen LogP contribution in [0.25, 0.3) is 0 Å². The quantitative estimate of drug-likeness (QED) is 0.734. The smallest absolute Gasteiger partial charge is 0.206 e. The van der Waals surface area contributed by atoms with Crippen molar-refractivity contribution in [1.29, 1.82) is 0 Å². The minimum Gasteiger partial charge on any atom is -0.504 e. The van der Waals surface area contributed by atoms with Crippen molar-refractivity contribution in [1.82, 2.24) is 0 Å². The predicted octanol–water partition coefficient (Wildman–Crippen LogP) is 2.21. The average Bonchev–Trinajstić information content (AvgIpc) is 2.75. The molecule has 3 heteroatoms. The molecule has 3 aliphatic rings. The Balaban J connectivity index is 2.12. The third kappa shape index (κ3) is 1.09. The van der Waals surface area contributed by atoms with Gasteiger partial charge in [0.25, 0.3) is 0 Å². The van der Waals surface area contributed by atoms with Crippen LogP contribution in [0.2, 0.25) is 0 Å². The summed E-state index contributed by atoms with van der Waals surface area (Å²) in [6.07, 6.45) is 2.55. The minimum atomic E-state index is -0.675. The molecule has 0 amide bonds. The fourth-order valence-electron chi connectivity index (χ4n) is 4.31. The Morgan fingerprint density at radius 1 is 1.35 bits per heavy atom. The molecule has 0 aromatic rings. The summed E-state index contributed by atoms with van der Waals surface area (Å²) in [5, 5.41) is 19.6. The molecule has 3 nitrogen and oxygen atoms in total. The first kappa shape index (κ1) is 11.3. The van der Waals surface area contributed by atoms with Gasteiger partial charge in [-0.1, -0.05) is 20.8 Å². The molecule has 0 bridgehead atoms. The van der Waals surface area contributed by atoms with Crippen molar-refractivity contribution in [3.63, 3.8) is 0 Å². The summed E-state index contributed by atoms with van der Waals surface area (Å²) < 4.78 is 0. The molecule has 0 radical (unpaired) electrons. The SMILES string of the molecule is CC1(C)CC2=C(O)C(=O)C3(CO)CC3(C)C2C1. The van der Waals surface area contributed by atoms with Crippen LogP contribution in [0.1, 0.15) is 40.0 Å². The van der Waals surface area contributed by atoms with Crippen molar-refractivity contribution in [3.8, 4) is 0 Å². The molecular weight excluding hydrogens is 216 g/mol. The van der Waals surface area contributed by atoms with Crippen molar-refractivity contribution in [3.05, 3.63) is 11.3 Å². The number of carbonyl (C=O) groups is 1. The first-order chi connectivity index (χ1) is 7.77. The lowest BCUT2D eigenvalue weighted by molar-refractivity contribution is -0.127. The van der Waals surface area contributed by atoms with Gasteiger partial charge in [-0.3, -0.25) is 4.79 Å². The van der Waals surface area contributed by atoms with Gasteiger partial charge >= 0.3 is 0 Å². The van der Waals surface area contributed by atoms with Crippen molar-refractivity contribution in [2.24, 2.45) is 22.2 Å². The Labute approximate surface area is 102 Å². The molecule has 2 fully saturated rings. The first-order valence-electron chi connectivity index (χ1n) is 6.35. The molecule has 0 heterocycles. The lowest BCUT2D eigenvalue weighted by Crippen LogP contribution is -2.36. The molecule has 0 aromatic heterocycles. The second-order valence-electron chi connectivity index (χ2n) is 7.14. The van der Waals surface area contributed by atoms with E-state index in [1.165, 1.54) is 0 Å². The zero-order valence-corrected chi connectivity index (χ0v) is 10.7. The van der Waals surface area contributed by atoms with Crippen LogP contribution in [0, 0.1) is 22.2 Å². The Kier molecular flexibility index (Phi) is 1.84. The van der Waals surface area contributed by atoms with Crippen molar-refractivity contribution >= 4 is 5.78 Å². The maximum Gasteiger partial charge on any atom is 0.206 e. The van der Waals surface area contributed by atoms with Gasteiger partial charge in [0.15, 0.2) is 5.76 Å². The van der Waals surface area contributed by atoms with Crippen molar-refractivity contribution < 1.29 is 15.0 Å². The summed E-state index contributed by atoms with van der Waals surface area (Å²) in [6.45, 7) is 6.33. The molecule has 3 unspecified atom stereocenters. The Morgan fingerprint density at radius 3 is 2.59 bits per heavy atom. The number of Topliss-reactive ketones (excluding diaryl/α,β-unsaturated/α-hetero) is 1. The fourth-order valence-corrected chi connectivity index (χ4v) is 4.31. The lowest BCUT2D eigenvalue weighted by Gasteiger charge is -2.31. The van der Waals surface area contributed by atoms with Crippen LogP contribution in [0.5, 0.6) is 0 Å². The molecule has 94 valence electrons. The molecule has 3 rings (SSSR count). The zero-order chi connectivity index (χ0) is 12.6. The van der Waals surface area contributed by atoms with E-state index in [0.717, 1.165) is 24.8 Å². The van der Waals surface area contributed by atoms with Gasteiger partial charge in [0.05, 0.1) is 12.0 Å². The second kappa shape index (κ2) is 2.77. The Morgan fingerprint density at radius 2 is 2.00 bits per heavy atom. The van der Waals surface area contributed by atoms with Gasteiger partial charge in [0, 0.05) is 0 Å². The van der Waals surface area contributed by atoms with E-state index in [9.17, 15) is 15.0 Å². The maximum absolute atomic E-state index is 12.2. The zero-order valence-electron chi connectivity index (χ0n) is 10.7. The monoisotopic (exact) mass is 236 g/mol. The van der Waals surface area contributed by atoms with Crippen LogP contribution in [0.4, 0.5) is 0 Å². The molecule has 17 heavy (non-hydrogen) atoms. The standard InChI is InChI=1S/C14H20O3/c1-12(2)4-8-9(5-12)13(3)6-14(13,7-15)11(17)10(8)16/h9,15-16H,4-7H2,1-3H3. The van der Waals surface area contributed by atoms with Crippen molar-refractivity contribution in [2.75, 3.05) is 6.61 Å². The highest BCUT2D eigenvalue weighted by atomic mass is 16.3. The number of hydrogen-bond acceptors (Lipinski definition) is 3. The number of carbonyl (C=O) groups excluding carboxylic acids is 1. The normalized spacial score (nSPS) is 46.8. The van der Waals surface area contributed by atoms with E-state index < -0.39 is 5.41 Å². The molecule has 3 atom stereocenters. The van der Waals surface area contributed by atoms with Gasteiger partial charge in [0.1, 0.15) is 0 Å². The Bertz CT molecular complexity index is 448. The third-order valence-electron chi connectivity index (χ3n) is 5.48. The van der Waals surface area contributed by atoms with Gasteiger partial charge in [-0.05, 0) is 41.6 Å². The van der Waals surface area contributed by atoms with Crippen LogP contribution in [0.3, 0.4) is 0 Å². The molecule has 0 aromatic carbocycles. The van der Waals surface area contributed by atoms with E-state index in [0.29, 0.717) is 0 Å². The number of hydrogen-bond donors (Lipinski definition) is 2. The van der Waals surface area contributed by atoms with Gasteiger partial charge in [0.2, 0.25) is 5.78 Å². The fraction of sp³-hybridized carbons (Fsp3) is 0.786. The number of aliphatic hydroxyl groups is 2. The van der Waals surface area contributed by atoms with E-state index in [1.807, 2.05) is 0 Å². The van der Waals surface area contributed by atoms with Crippen LogP contribution in [-0.2, 0) is 4.79 Å². The number of aliphatic hydroxyl groups excluding tert-OH is 2. The molecule has 0 saturated heterocycles. The summed E-state index contributed by atoms with van der Waals surface area (Å²) in [5.74, 6) is 0.0263. The van der Waals surface area contributed by atoms with Crippen LogP contribution in [-0.4, -0.2) is 22.6 Å². The van der Waals surface area contributed by atoms with Gasteiger partial charge in [-0.2, -0.15) is 0 Å². The molecule has 0 spiro atoms. The largest absolute Gasteiger partial charge is 0.504 e. The molecule has 0 aliphatic heterocycles. The summed E-state index contributed by atoms with van der Waals surface area (Å²) in [6, 6.07) is 0. The summed E-state index contributed by atoms with van der Waals surface area (Å²) in [5.41, 5.74) is 0.315. The highest BCUT2D eigenvalue weighted by Crippen LogP contribution is 2.75. The molecule has 2 N–H and O–H groups in total. The van der Waals surface area contributed by atoms with Crippen LogP contribution in [0.15, 0.2) is 11.3 Å². The summed E-state index contributed by atoms with van der Waals surface area (Å²) in [7, 11) is 0. The van der Waals surface area contributed by atoms with Crippen LogP contribution >= 0.6 is 0 Å². The molecule has 3 aliphatic carbocycles.